The molecule has 0 spiro atoms. The number of nitrogens with zero attached hydrogens (tertiary/aromatic N) is 4. The average molecular weight is 289 g/mol. The van der Waals surface area contributed by atoms with Crippen LogP contribution in [0.1, 0.15) is 16.2 Å². The minimum absolute atomic E-state index is 0.284. The number of hydrogen-bond donors (Lipinski definition) is 1. The number of amides is 1. The fraction of sp³-hybridized carbons (Fsp3) is 0.385. The third-order valence-corrected chi connectivity index (χ3v) is 3.04. The number of carbonyl (C=O) groups is 1. The van der Waals surface area contributed by atoms with Gasteiger partial charge in [-0.15, -0.1) is 0 Å². The van der Waals surface area contributed by atoms with Gasteiger partial charge < -0.3 is 19.5 Å². The molecule has 8 heteroatoms. The Balaban J connectivity index is 1.74. The van der Waals surface area contributed by atoms with E-state index in [1.807, 2.05) is 4.90 Å². The van der Waals surface area contributed by atoms with Crippen LogP contribution < -0.4 is 10.2 Å². The van der Waals surface area contributed by atoms with E-state index in [-0.39, 0.29) is 11.6 Å². The lowest BCUT2D eigenvalue weighted by Gasteiger charge is -2.26. The zero-order valence-electron chi connectivity index (χ0n) is 11.6. The van der Waals surface area contributed by atoms with Crippen molar-refractivity contribution in [3.63, 3.8) is 0 Å². The van der Waals surface area contributed by atoms with Gasteiger partial charge in [-0.1, -0.05) is 5.16 Å². The van der Waals surface area contributed by atoms with Crippen molar-refractivity contribution >= 4 is 17.7 Å². The molecule has 1 saturated heterocycles. The van der Waals surface area contributed by atoms with Crippen LogP contribution in [0.15, 0.2) is 22.9 Å². The number of aromatic nitrogens is 3. The summed E-state index contributed by atoms with van der Waals surface area (Å²) < 4.78 is 10.2. The molecule has 1 aliphatic heterocycles. The summed E-state index contributed by atoms with van der Waals surface area (Å²) in [7, 11) is 0. The normalized spacial score (nSPS) is 15.0. The lowest BCUT2D eigenvalue weighted by Crippen LogP contribution is -2.37. The van der Waals surface area contributed by atoms with Gasteiger partial charge in [-0.2, -0.15) is 0 Å². The molecule has 1 aliphatic rings. The zero-order valence-corrected chi connectivity index (χ0v) is 11.6. The number of hydrogen-bond acceptors (Lipinski definition) is 7. The Morgan fingerprint density at radius 1 is 1.38 bits per heavy atom. The largest absolute Gasteiger partial charge is 0.378 e. The highest BCUT2D eigenvalue weighted by molar-refractivity contribution is 6.02. The van der Waals surface area contributed by atoms with E-state index < -0.39 is 0 Å². The fourth-order valence-corrected chi connectivity index (χ4v) is 2.00. The van der Waals surface area contributed by atoms with Crippen molar-refractivity contribution in [2.45, 2.75) is 6.92 Å². The molecule has 21 heavy (non-hydrogen) atoms. The molecule has 0 atom stereocenters. The molecule has 2 aromatic rings. The number of morpholine rings is 1. The zero-order chi connectivity index (χ0) is 14.7. The fourth-order valence-electron chi connectivity index (χ4n) is 2.00. The Morgan fingerprint density at radius 3 is 2.90 bits per heavy atom. The predicted molar refractivity (Wildman–Crippen MR) is 74.3 cm³/mol. The third kappa shape index (κ3) is 3.16. The highest BCUT2D eigenvalue weighted by Crippen LogP contribution is 2.12. The minimum atomic E-state index is -0.347. The van der Waals surface area contributed by atoms with Crippen molar-refractivity contribution in [2.75, 3.05) is 36.5 Å². The lowest BCUT2D eigenvalue weighted by molar-refractivity contribution is 0.102. The lowest BCUT2D eigenvalue weighted by atomic mass is 10.3. The van der Waals surface area contributed by atoms with Crippen LogP contribution in [-0.2, 0) is 4.74 Å². The predicted octanol–water partition coefficient (Wildman–Crippen LogP) is 0.862. The molecule has 3 heterocycles. The Bertz CT molecular complexity index is 636. The Hall–Kier alpha value is -2.48. The maximum Gasteiger partial charge on any atom is 0.275 e. The molecule has 0 bridgehead atoms. The second-order valence-corrected chi connectivity index (χ2v) is 4.62. The van der Waals surface area contributed by atoms with Crippen LogP contribution in [0, 0.1) is 6.92 Å². The summed E-state index contributed by atoms with van der Waals surface area (Å²) in [6.45, 7) is 4.46. The second-order valence-electron chi connectivity index (χ2n) is 4.62. The summed E-state index contributed by atoms with van der Waals surface area (Å²) in [5.41, 5.74) is 0.284. The van der Waals surface area contributed by atoms with Crippen molar-refractivity contribution < 1.29 is 14.1 Å². The minimum Gasteiger partial charge on any atom is -0.378 e. The molecule has 8 nitrogen and oxygen atoms in total. The molecule has 0 unspecified atom stereocenters. The van der Waals surface area contributed by atoms with E-state index in [0.29, 0.717) is 43.8 Å². The molecule has 0 aromatic carbocycles. The summed E-state index contributed by atoms with van der Waals surface area (Å²) in [6.07, 6.45) is 1.57. The Morgan fingerprint density at radius 2 is 2.19 bits per heavy atom. The topological polar surface area (TPSA) is 93.4 Å². The van der Waals surface area contributed by atoms with Crippen molar-refractivity contribution in [3.05, 3.63) is 29.8 Å². The monoisotopic (exact) mass is 289 g/mol. The van der Waals surface area contributed by atoms with Gasteiger partial charge in [0, 0.05) is 25.4 Å². The summed E-state index contributed by atoms with van der Waals surface area (Å²) in [5.74, 6) is 1.17. The van der Waals surface area contributed by atoms with Crippen LogP contribution >= 0.6 is 0 Å². The number of ether oxygens (including phenoxy) is 1. The molecule has 1 fully saturated rings. The molecule has 2 aromatic heterocycles. The van der Waals surface area contributed by atoms with Gasteiger partial charge in [0.2, 0.25) is 5.95 Å². The Kier molecular flexibility index (Phi) is 3.78. The number of aryl methyl sites for hydroxylation is 1. The Labute approximate surface area is 121 Å². The number of carbonyl (C=O) groups excluding carboxylic acids is 1. The van der Waals surface area contributed by atoms with Crippen LogP contribution in [0.4, 0.5) is 11.8 Å². The molecule has 3 rings (SSSR count). The van der Waals surface area contributed by atoms with E-state index in [1.165, 1.54) is 0 Å². The van der Waals surface area contributed by atoms with Gasteiger partial charge in [-0.3, -0.25) is 4.79 Å². The quantitative estimate of drug-likeness (QED) is 0.895. The molecular formula is C13H15N5O3. The van der Waals surface area contributed by atoms with Gasteiger partial charge in [0.05, 0.1) is 13.2 Å². The maximum absolute atomic E-state index is 12.1. The van der Waals surface area contributed by atoms with Gasteiger partial charge in [0.15, 0.2) is 5.82 Å². The van der Waals surface area contributed by atoms with Crippen molar-refractivity contribution in [1.29, 1.82) is 0 Å². The maximum atomic E-state index is 12.1. The van der Waals surface area contributed by atoms with Gasteiger partial charge in [0.25, 0.3) is 5.91 Å². The van der Waals surface area contributed by atoms with Gasteiger partial charge in [-0.25, -0.2) is 9.97 Å². The van der Waals surface area contributed by atoms with Crippen molar-refractivity contribution in [1.82, 2.24) is 15.1 Å². The van der Waals surface area contributed by atoms with E-state index in [2.05, 4.69) is 20.4 Å². The van der Waals surface area contributed by atoms with Crippen LogP contribution in [0.3, 0.4) is 0 Å². The SMILES string of the molecule is Cc1cc(NC(=O)c2ccnc(N3CCOCC3)n2)no1. The van der Waals surface area contributed by atoms with E-state index >= 15 is 0 Å². The van der Waals surface area contributed by atoms with Crippen LogP contribution in [0.2, 0.25) is 0 Å². The summed E-state index contributed by atoms with van der Waals surface area (Å²) in [6, 6.07) is 3.20. The summed E-state index contributed by atoms with van der Waals surface area (Å²) in [5, 5.41) is 6.35. The van der Waals surface area contributed by atoms with E-state index in [9.17, 15) is 4.79 Å². The highest BCUT2D eigenvalue weighted by atomic mass is 16.5. The third-order valence-electron chi connectivity index (χ3n) is 3.04. The molecular weight excluding hydrogens is 274 g/mol. The average Bonchev–Trinajstić information content (AvgIpc) is 2.93. The second kappa shape index (κ2) is 5.88. The van der Waals surface area contributed by atoms with Crippen molar-refractivity contribution in [2.24, 2.45) is 0 Å². The highest BCUT2D eigenvalue weighted by Gasteiger charge is 2.16. The number of anilines is 2. The molecule has 0 saturated carbocycles. The van der Waals surface area contributed by atoms with Gasteiger partial charge in [0.1, 0.15) is 11.5 Å². The van der Waals surface area contributed by atoms with Crippen LogP contribution in [0.5, 0.6) is 0 Å². The first-order valence-corrected chi connectivity index (χ1v) is 6.63. The first kappa shape index (κ1) is 13.5. The summed E-state index contributed by atoms with van der Waals surface area (Å²) >= 11 is 0. The molecule has 0 radical (unpaired) electrons. The smallest absolute Gasteiger partial charge is 0.275 e. The molecule has 1 N–H and O–H groups in total. The summed E-state index contributed by atoms with van der Waals surface area (Å²) in [4.78, 5) is 22.6. The van der Waals surface area contributed by atoms with E-state index in [1.54, 1.807) is 25.3 Å². The molecule has 0 aliphatic carbocycles. The number of rotatable bonds is 3. The van der Waals surface area contributed by atoms with Gasteiger partial charge >= 0.3 is 0 Å². The standard InChI is InChI=1S/C13H15N5O3/c1-9-8-11(17-21-9)16-12(19)10-2-3-14-13(15-10)18-4-6-20-7-5-18/h2-3,8H,4-7H2,1H3,(H,16,17,19). The van der Waals surface area contributed by atoms with E-state index in [0.717, 1.165) is 0 Å². The first-order chi connectivity index (χ1) is 10.2. The van der Waals surface area contributed by atoms with E-state index in [4.69, 9.17) is 9.26 Å². The van der Waals surface area contributed by atoms with Crippen LogP contribution in [0.25, 0.3) is 0 Å². The van der Waals surface area contributed by atoms with Crippen molar-refractivity contribution in [3.8, 4) is 0 Å². The van der Waals surface area contributed by atoms with Crippen LogP contribution in [-0.4, -0.2) is 47.3 Å². The van der Waals surface area contributed by atoms with Gasteiger partial charge in [-0.05, 0) is 13.0 Å². The number of nitrogens with one attached hydrogen (secondary N) is 1. The first-order valence-electron chi connectivity index (χ1n) is 6.63. The molecule has 1 amide bonds. The molecule has 110 valence electrons.